The minimum absolute atomic E-state index is 0.385. The van der Waals surface area contributed by atoms with E-state index < -0.39 is 48.0 Å². The summed E-state index contributed by atoms with van der Waals surface area (Å²) >= 11 is 0. The number of nitrogens with zero attached hydrogens (tertiary/aromatic N) is 1. The smallest absolute Gasteiger partial charge is 0.490 e. The molecule has 0 radical (unpaired) electrons. The molecule has 3 atom stereocenters. The molecule has 0 unspecified atom stereocenters. The Morgan fingerprint density at radius 3 is 2.14 bits per heavy atom. The first kappa shape index (κ1) is 31.2. The Bertz CT molecular complexity index is 982. The minimum Gasteiger partial charge on any atom is -0.497 e. The molecule has 2 rings (SSSR count). The highest BCUT2D eigenvalue weighted by Crippen LogP contribution is 2.21. The Kier molecular flexibility index (Phi) is 11.9. The van der Waals surface area contributed by atoms with Gasteiger partial charge in [-0.05, 0) is 36.6 Å². The van der Waals surface area contributed by atoms with Crippen molar-refractivity contribution in [3.63, 3.8) is 0 Å². The molecule has 0 bridgehead atoms. The summed E-state index contributed by atoms with van der Waals surface area (Å²) in [5.74, 6) is -4.52. The third-order valence-corrected chi connectivity index (χ3v) is 5.04. The second-order valence-electron chi connectivity index (χ2n) is 7.90. The Morgan fingerprint density at radius 1 is 1.14 bits per heavy atom. The zero-order valence-electron chi connectivity index (χ0n) is 20.4. The maximum Gasteiger partial charge on any atom is 0.490 e. The number of carbonyl (C=O) groups excluding carboxylic acids is 2. The molecule has 1 aliphatic heterocycles. The molecule has 1 heterocycles. The first-order valence-electron chi connectivity index (χ1n) is 11.1. The molecule has 0 aromatic heterocycles. The predicted molar refractivity (Wildman–Crippen MR) is 123 cm³/mol. The summed E-state index contributed by atoms with van der Waals surface area (Å²) in [4.78, 5) is 46.8. The number of halogens is 3. The normalized spacial score (nSPS) is 18.8. The summed E-state index contributed by atoms with van der Waals surface area (Å²) in [5.41, 5.74) is 7.06. The second kappa shape index (κ2) is 14.1. The van der Waals surface area contributed by atoms with Crippen LogP contribution in [0.3, 0.4) is 0 Å². The van der Waals surface area contributed by atoms with E-state index in [1.807, 2.05) is 31.2 Å². The quantitative estimate of drug-likeness (QED) is 0.366. The lowest BCUT2D eigenvalue weighted by atomic mass is 9.97. The number of hydrogen-bond acceptors (Lipinski definition) is 7. The van der Waals surface area contributed by atoms with Gasteiger partial charge < -0.3 is 35.6 Å². The summed E-state index contributed by atoms with van der Waals surface area (Å²) in [6, 6.07) is 5.81. The number of rotatable bonds is 9. The van der Waals surface area contributed by atoms with Crippen molar-refractivity contribution in [1.29, 1.82) is 0 Å². The van der Waals surface area contributed by atoms with Crippen molar-refractivity contribution < 1.29 is 52.0 Å². The van der Waals surface area contributed by atoms with E-state index in [0.29, 0.717) is 25.9 Å². The van der Waals surface area contributed by atoms with Crippen LogP contribution in [0.1, 0.15) is 25.8 Å². The molecule has 14 heteroatoms. The van der Waals surface area contributed by atoms with Crippen molar-refractivity contribution in [3.05, 3.63) is 41.7 Å². The summed E-state index contributed by atoms with van der Waals surface area (Å²) in [6.45, 7) is 4.11. The van der Waals surface area contributed by atoms with Gasteiger partial charge in [0.15, 0.2) is 6.10 Å². The molecule has 0 aliphatic carbocycles. The summed E-state index contributed by atoms with van der Waals surface area (Å²) in [6.07, 6.45) is -3.79. The van der Waals surface area contributed by atoms with Gasteiger partial charge in [-0.3, -0.25) is 9.59 Å². The number of nitrogens with two attached hydrogens (primary N) is 1. The lowest BCUT2D eigenvalue weighted by Gasteiger charge is -2.37. The number of ether oxygens (including phenoxy) is 2. The van der Waals surface area contributed by atoms with Gasteiger partial charge in [0.1, 0.15) is 5.75 Å². The lowest BCUT2D eigenvalue weighted by Crippen LogP contribution is -2.61. The Morgan fingerprint density at radius 2 is 1.70 bits per heavy atom. The van der Waals surface area contributed by atoms with Crippen molar-refractivity contribution in [2.45, 2.75) is 51.1 Å². The molecule has 1 aromatic carbocycles. The zero-order chi connectivity index (χ0) is 28.3. The first-order chi connectivity index (χ1) is 17.2. The molecular formula is C23H30F3N3O8. The average molecular weight is 534 g/mol. The van der Waals surface area contributed by atoms with Crippen LogP contribution in [0.4, 0.5) is 13.2 Å². The monoisotopic (exact) mass is 533 g/mol. The van der Waals surface area contributed by atoms with Crippen LogP contribution in [-0.2, 0) is 30.3 Å². The summed E-state index contributed by atoms with van der Waals surface area (Å²) < 4.78 is 42.4. The van der Waals surface area contributed by atoms with E-state index in [1.165, 1.54) is 13.0 Å². The molecule has 0 spiro atoms. The van der Waals surface area contributed by atoms with Gasteiger partial charge in [-0.1, -0.05) is 19.1 Å². The third kappa shape index (κ3) is 9.99. The topological polar surface area (TPSA) is 168 Å². The van der Waals surface area contributed by atoms with Crippen molar-refractivity contribution in [3.8, 4) is 5.75 Å². The van der Waals surface area contributed by atoms with E-state index in [9.17, 15) is 32.7 Å². The standard InChI is InChI=1S/C21H29N3O6.C2HF3O2/c1-4-10-24(11-9-14-5-7-15(29-3)8-6-14)20(26)19-18(23-13(2)25)16(22)12-17(30-19)21(27)28;3-2(4,5)1(6)7/h5-8,12,16,18-19H,4,9-11,22H2,1-3H3,(H,23,25)(H,27,28);(H,6,7)/t16-,18+,19+;/m0./s1. The molecule has 5 N–H and O–H groups in total. The number of alkyl halides is 3. The van der Waals surface area contributed by atoms with Crippen LogP contribution in [0.15, 0.2) is 36.1 Å². The van der Waals surface area contributed by atoms with Crippen LogP contribution >= 0.6 is 0 Å². The zero-order valence-corrected chi connectivity index (χ0v) is 20.4. The number of methoxy groups -OCH3 is 1. The van der Waals surface area contributed by atoms with E-state index in [0.717, 1.165) is 11.3 Å². The van der Waals surface area contributed by atoms with Crippen molar-refractivity contribution in [1.82, 2.24) is 10.2 Å². The fraction of sp³-hybridized carbons (Fsp3) is 0.478. The summed E-state index contributed by atoms with van der Waals surface area (Å²) in [5, 5.41) is 19.0. The Labute approximate surface area is 211 Å². The fourth-order valence-electron chi connectivity index (χ4n) is 3.30. The average Bonchev–Trinajstić information content (AvgIpc) is 2.82. The number of aliphatic carboxylic acids is 2. The van der Waals surface area contributed by atoms with Gasteiger partial charge in [-0.25, -0.2) is 9.59 Å². The molecule has 0 fully saturated rings. The number of amides is 2. The van der Waals surface area contributed by atoms with Gasteiger partial charge in [0.25, 0.3) is 5.91 Å². The molecule has 0 saturated carbocycles. The SMILES string of the molecule is CCCN(CCc1ccc(OC)cc1)C(=O)[C@@H]1OC(C(=O)O)=C[C@H](N)[C@H]1NC(C)=O.O=C(O)C(F)(F)F. The molecule has 1 aliphatic rings. The van der Waals surface area contributed by atoms with E-state index in [1.54, 1.807) is 12.0 Å². The number of carboxylic acids is 2. The van der Waals surface area contributed by atoms with Crippen LogP contribution in [0, 0.1) is 0 Å². The highest BCUT2D eigenvalue weighted by Gasteiger charge is 2.42. The first-order valence-corrected chi connectivity index (χ1v) is 11.1. The maximum absolute atomic E-state index is 13.3. The lowest BCUT2D eigenvalue weighted by molar-refractivity contribution is -0.192. The molecule has 2 amide bonds. The van der Waals surface area contributed by atoms with E-state index in [-0.39, 0.29) is 5.91 Å². The van der Waals surface area contributed by atoms with E-state index in [4.69, 9.17) is 25.1 Å². The van der Waals surface area contributed by atoms with E-state index >= 15 is 0 Å². The second-order valence-corrected chi connectivity index (χ2v) is 7.90. The van der Waals surface area contributed by atoms with Crippen LogP contribution in [0.25, 0.3) is 0 Å². The number of nitrogens with one attached hydrogen (secondary N) is 1. The fourth-order valence-corrected chi connectivity index (χ4v) is 3.30. The van der Waals surface area contributed by atoms with Gasteiger partial charge in [0.2, 0.25) is 11.7 Å². The highest BCUT2D eigenvalue weighted by atomic mass is 19.4. The minimum atomic E-state index is -5.08. The highest BCUT2D eigenvalue weighted by molar-refractivity contribution is 5.88. The largest absolute Gasteiger partial charge is 0.497 e. The van der Waals surface area contributed by atoms with Gasteiger partial charge in [0, 0.05) is 20.0 Å². The molecule has 206 valence electrons. The molecule has 37 heavy (non-hydrogen) atoms. The third-order valence-electron chi connectivity index (χ3n) is 5.04. The number of benzene rings is 1. The molecule has 0 saturated heterocycles. The summed E-state index contributed by atoms with van der Waals surface area (Å²) in [7, 11) is 1.59. The van der Waals surface area contributed by atoms with Crippen molar-refractivity contribution in [2.75, 3.05) is 20.2 Å². The van der Waals surface area contributed by atoms with Gasteiger partial charge in [-0.15, -0.1) is 0 Å². The Hall–Kier alpha value is -3.81. The van der Waals surface area contributed by atoms with Gasteiger partial charge >= 0.3 is 18.1 Å². The molecule has 11 nitrogen and oxygen atoms in total. The van der Waals surface area contributed by atoms with Crippen LogP contribution in [0.5, 0.6) is 5.75 Å². The van der Waals surface area contributed by atoms with Gasteiger partial charge in [-0.2, -0.15) is 13.2 Å². The number of carboxylic acid groups (broad SMARTS) is 2. The van der Waals surface area contributed by atoms with Crippen molar-refractivity contribution >= 4 is 23.8 Å². The van der Waals surface area contributed by atoms with E-state index in [2.05, 4.69) is 5.32 Å². The van der Waals surface area contributed by atoms with Gasteiger partial charge in [0.05, 0.1) is 19.2 Å². The maximum atomic E-state index is 13.3. The predicted octanol–water partition coefficient (Wildman–Crippen LogP) is 1.31. The molecule has 1 aromatic rings. The number of carbonyl (C=O) groups is 4. The van der Waals surface area contributed by atoms with Crippen LogP contribution in [-0.4, -0.2) is 83.4 Å². The van der Waals surface area contributed by atoms with Crippen LogP contribution < -0.4 is 15.8 Å². The molecular weight excluding hydrogens is 503 g/mol. The van der Waals surface area contributed by atoms with Crippen LogP contribution in [0.2, 0.25) is 0 Å². The Balaban J connectivity index is 0.000000856. The number of hydrogen-bond donors (Lipinski definition) is 4. The van der Waals surface area contributed by atoms with Crippen molar-refractivity contribution in [2.24, 2.45) is 5.73 Å².